The summed E-state index contributed by atoms with van der Waals surface area (Å²) in [6.45, 7) is 5.59. The predicted octanol–water partition coefficient (Wildman–Crippen LogP) is 1.17. The number of rotatable bonds is 1. The van der Waals surface area contributed by atoms with E-state index in [9.17, 15) is 4.79 Å². The van der Waals surface area contributed by atoms with E-state index in [1.807, 2.05) is 13.8 Å². The Morgan fingerprint density at radius 2 is 2.25 bits per heavy atom. The number of hydrogen-bond donors (Lipinski definition) is 1. The number of aromatic nitrogens is 1. The zero-order valence-corrected chi connectivity index (χ0v) is 9.48. The van der Waals surface area contributed by atoms with Gasteiger partial charge in [0.15, 0.2) is 17.7 Å². The van der Waals surface area contributed by atoms with E-state index in [-0.39, 0.29) is 5.69 Å². The van der Waals surface area contributed by atoms with Gasteiger partial charge in [0, 0.05) is 11.8 Å². The summed E-state index contributed by atoms with van der Waals surface area (Å²) in [7, 11) is 0. The Hall–Kier alpha value is -1.62. The van der Waals surface area contributed by atoms with E-state index in [2.05, 4.69) is 4.98 Å². The number of pyridine rings is 1. The molecule has 1 atom stereocenters. The molecule has 1 unspecified atom stereocenters. The van der Waals surface area contributed by atoms with Crippen LogP contribution in [0, 0.1) is 0 Å². The van der Waals surface area contributed by atoms with Gasteiger partial charge in [-0.1, -0.05) is 0 Å². The van der Waals surface area contributed by atoms with Gasteiger partial charge < -0.3 is 15.2 Å². The Bertz CT molecular complexity index is 443. The molecule has 0 aromatic carbocycles. The molecule has 16 heavy (non-hydrogen) atoms. The average Bonchev–Trinajstić information content (AvgIpc) is 2.15. The number of amides is 1. The third kappa shape index (κ3) is 1.63. The van der Waals surface area contributed by atoms with Crippen molar-refractivity contribution < 1.29 is 14.3 Å². The number of nitrogens with two attached hydrogens (primary N) is 1. The van der Waals surface area contributed by atoms with Gasteiger partial charge in [0.1, 0.15) is 0 Å². The van der Waals surface area contributed by atoms with Crippen molar-refractivity contribution >= 4 is 5.91 Å². The topological polar surface area (TPSA) is 74.4 Å². The van der Waals surface area contributed by atoms with Crippen LogP contribution >= 0.6 is 0 Å². The van der Waals surface area contributed by atoms with E-state index in [1.165, 1.54) is 6.20 Å². The average molecular weight is 222 g/mol. The Balaban J connectivity index is 2.62. The van der Waals surface area contributed by atoms with Crippen molar-refractivity contribution in [3.05, 3.63) is 23.5 Å². The first-order chi connectivity index (χ1) is 7.42. The zero-order chi connectivity index (χ0) is 11.9. The molecule has 0 fully saturated rings. The van der Waals surface area contributed by atoms with Gasteiger partial charge in [-0.3, -0.25) is 4.79 Å². The number of nitrogens with zero attached hydrogens (tertiary/aromatic N) is 1. The van der Waals surface area contributed by atoms with Crippen LogP contribution in [0.25, 0.3) is 0 Å². The maximum Gasteiger partial charge on any atom is 0.271 e. The first kappa shape index (κ1) is 10.9. The van der Waals surface area contributed by atoms with E-state index < -0.39 is 17.8 Å². The lowest BCUT2D eigenvalue weighted by molar-refractivity contribution is -0.172. The molecule has 0 bridgehead atoms. The van der Waals surface area contributed by atoms with Crippen molar-refractivity contribution in [3.8, 4) is 5.75 Å². The monoisotopic (exact) mass is 222 g/mol. The van der Waals surface area contributed by atoms with Gasteiger partial charge in [0.25, 0.3) is 5.91 Å². The van der Waals surface area contributed by atoms with Crippen molar-refractivity contribution in [1.29, 1.82) is 0 Å². The van der Waals surface area contributed by atoms with Crippen LogP contribution in [-0.4, -0.2) is 17.2 Å². The van der Waals surface area contributed by atoms with Crippen LogP contribution in [0.1, 0.15) is 36.8 Å². The summed E-state index contributed by atoms with van der Waals surface area (Å²) in [5, 5.41) is 0. The van der Waals surface area contributed by atoms with Crippen molar-refractivity contribution in [1.82, 2.24) is 4.98 Å². The maximum atomic E-state index is 11.2. The lowest BCUT2D eigenvalue weighted by Gasteiger charge is -2.36. The molecule has 1 aliphatic heterocycles. The first-order valence-electron chi connectivity index (χ1n) is 5.05. The van der Waals surface area contributed by atoms with Gasteiger partial charge in [-0.15, -0.1) is 0 Å². The molecule has 0 saturated heterocycles. The van der Waals surface area contributed by atoms with Crippen molar-refractivity contribution in [2.24, 2.45) is 5.73 Å². The van der Waals surface area contributed by atoms with Gasteiger partial charge in [-0.25, -0.2) is 4.98 Å². The number of hydrogen-bond acceptors (Lipinski definition) is 4. The van der Waals surface area contributed by atoms with Crippen molar-refractivity contribution in [2.45, 2.75) is 32.7 Å². The number of carbonyl (C=O) groups excluding carboxylic acids is 1. The van der Waals surface area contributed by atoms with Gasteiger partial charge in [0.05, 0.1) is 5.60 Å². The van der Waals surface area contributed by atoms with Crippen LogP contribution in [0.4, 0.5) is 0 Å². The molecule has 1 aliphatic rings. The van der Waals surface area contributed by atoms with Gasteiger partial charge in [-0.2, -0.15) is 0 Å². The molecule has 1 amide bonds. The van der Waals surface area contributed by atoms with Crippen molar-refractivity contribution in [2.75, 3.05) is 0 Å². The Morgan fingerprint density at radius 1 is 1.56 bits per heavy atom. The molecule has 1 aromatic heterocycles. The Labute approximate surface area is 93.6 Å². The lowest BCUT2D eigenvalue weighted by Crippen LogP contribution is -2.37. The van der Waals surface area contributed by atoms with Crippen LogP contribution in [0.5, 0.6) is 5.75 Å². The molecule has 0 aliphatic carbocycles. The van der Waals surface area contributed by atoms with Crippen LogP contribution in [0.2, 0.25) is 0 Å². The van der Waals surface area contributed by atoms with Crippen LogP contribution < -0.4 is 10.5 Å². The van der Waals surface area contributed by atoms with Crippen molar-refractivity contribution in [3.63, 3.8) is 0 Å². The quantitative estimate of drug-likeness (QED) is 0.774. The molecular formula is C11H14N2O3. The molecule has 86 valence electrons. The fraction of sp³-hybridized carbons (Fsp3) is 0.455. The lowest BCUT2D eigenvalue weighted by atomic mass is 9.96. The van der Waals surface area contributed by atoms with Gasteiger partial charge >= 0.3 is 0 Å². The highest BCUT2D eigenvalue weighted by Crippen LogP contribution is 2.39. The molecule has 1 aromatic rings. The highest BCUT2D eigenvalue weighted by atomic mass is 16.7. The zero-order valence-electron chi connectivity index (χ0n) is 9.48. The van der Waals surface area contributed by atoms with E-state index in [0.29, 0.717) is 5.75 Å². The van der Waals surface area contributed by atoms with E-state index in [1.54, 1.807) is 13.0 Å². The third-order valence-electron chi connectivity index (χ3n) is 2.53. The normalized spacial score (nSPS) is 22.1. The summed E-state index contributed by atoms with van der Waals surface area (Å²) >= 11 is 0. The van der Waals surface area contributed by atoms with Crippen LogP contribution in [0.3, 0.4) is 0 Å². The minimum absolute atomic E-state index is 0.153. The summed E-state index contributed by atoms with van der Waals surface area (Å²) in [6.07, 6.45) is 1.11. The van der Waals surface area contributed by atoms with Crippen LogP contribution in [-0.2, 0) is 10.3 Å². The number of ether oxygens (including phenoxy) is 2. The molecular weight excluding hydrogens is 208 g/mol. The number of carbonyl (C=O) groups is 1. The Kier molecular flexibility index (Phi) is 2.35. The minimum Gasteiger partial charge on any atom is -0.462 e. The molecule has 2 heterocycles. The predicted molar refractivity (Wildman–Crippen MR) is 57.0 cm³/mol. The van der Waals surface area contributed by atoms with E-state index >= 15 is 0 Å². The van der Waals surface area contributed by atoms with E-state index in [4.69, 9.17) is 15.2 Å². The fourth-order valence-electron chi connectivity index (χ4n) is 1.89. The number of primary amides is 1. The largest absolute Gasteiger partial charge is 0.462 e. The SMILES string of the molecule is CC1Oc2c(ccnc2C(N)=O)C(C)(C)O1. The summed E-state index contributed by atoms with van der Waals surface area (Å²) in [5.74, 6) is -0.166. The summed E-state index contributed by atoms with van der Waals surface area (Å²) in [5.41, 5.74) is 5.68. The fourth-order valence-corrected chi connectivity index (χ4v) is 1.89. The highest BCUT2D eigenvalue weighted by Gasteiger charge is 2.35. The summed E-state index contributed by atoms with van der Waals surface area (Å²) in [6, 6.07) is 1.77. The summed E-state index contributed by atoms with van der Waals surface area (Å²) in [4.78, 5) is 15.2. The van der Waals surface area contributed by atoms with Crippen LogP contribution in [0.15, 0.2) is 12.3 Å². The smallest absolute Gasteiger partial charge is 0.271 e. The molecule has 5 heteroatoms. The second-order valence-electron chi connectivity index (χ2n) is 4.21. The standard InChI is InChI=1S/C11H14N2O3/c1-6-15-9-7(11(2,3)16-6)4-5-13-8(9)10(12)14/h4-6H,1-3H3,(H2,12,14). The first-order valence-corrected chi connectivity index (χ1v) is 5.05. The summed E-state index contributed by atoms with van der Waals surface area (Å²) < 4.78 is 11.1. The highest BCUT2D eigenvalue weighted by molar-refractivity contribution is 5.94. The molecule has 2 N–H and O–H groups in total. The third-order valence-corrected chi connectivity index (χ3v) is 2.53. The van der Waals surface area contributed by atoms with E-state index in [0.717, 1.165) is 5.56 Å². The number of fused-ring (bicyclic) bond motifs is 1. The molecule has 2 rings (SSSR count). The molecule has 0 spiro atoms. The van der Waals surface area contributed by atoms with Gasteiger partial charge in [-0.05, 0) is 26.8 Å². The second-order valence-corrected chi connectivity index (χ2v) is 4.21. The minimum atomic E-state index is -0.596. The maximum absolute atomic E-state index is 11.2. The molecule has 0 radical (unpaired) electrons. The molecule has 5 nitrogen and oxygen atoms in total. The van der Waals surface area contributed by atoms with Gasteiger partial charge in [0.2, 0.25) is 0 Å². The Morgan fingerprint density at radius 3 is 2.88 bits per heavy atom. The molecule has 0 saturated carbocycles. The second kappa shape index (κ2) is 3.45.